The second kappa shape index (κ2) is 14.2. The molecule has 0 amide bonds. The summed E-state index contributed by atoms with van der Waals surface area (Å²) in [6.07, 6.45) is 0. The van der Waals surface area contributed by atoms with Crippen LogP contribution in [0.1, 0.15) is 25.0 Å². The van der Waals surface area contributed by atoms with Crippen LogP contribution in [0.5, 0.6) is 0 Å². The monoisotopic (exact) mass is 858 g/mol. The molecule has 0 spiro atoms. The molecule has 316 valence electrons. The van der Waals surface area contributed by atoms with Crippen molar-refractivity contribution in [2.45, 2.75) is 19.3 Å². The fraction of sp³-hybridized carbons (Fsp3) is 0.0476. The van der Waals surface area contributed by atoms with Crippen molar-refractivity contribution >= 4 is 82.7 Å². The van der Waals surface area contributed by atoms with E-state index in [0.717, 1.165) is 88.9 Å². The normalized spacial score (nSPS) is 13.0. The Morgan fingerprint density at radius 2 is 1.00 bits per heavy atom. The van der Waals surface area contributed by atoms with Crippen molar-refractivity contribution in [2.24, 2.45) is 0 Å². The maximum absolute atomic E-state index is 6.92. The Morgan fingerprint density at radius 1 is 0.403 bits per heavy atom. The topological polar surface area (TPSA) is 34.5 Å². The van der Waals surface area contributed by atoms with Gasteiger partial charge in [0.1, 0.15) is 22.3 Å². The van der Waals surface area contributed by atoms with Crippen molar-refractivity contribution < 1.29 is 8.83 Å². The number of rotatable bonds is 6. The van der Waals surface area contributed by atoms with Gasteiger partial charge in [-0.15, -0.1) is 0 Å². The SMILES string of the molecule is CC1(C)c2ccccc2-c2cccc(N(c3cccc(-c4cccc5oc6ccccc6c45)c3)c3cc(-c4cccc(-n5c6ccccc6c6ccccc65)c4)c4oc5ccccc5c4c3)c21. The molecule has 3 aromatic heterocycles. The zero-order chi connectivity index (χ0) is 44.4. The molecule has 0 saturated carbocycles. The average Bonchev–Trinajstić information content (AvgIpc) is 4.11. The van der Waals surface area contributed by atoms with Crippen LogP contribution in [0.25, 0.3) is 105 Å². The van der Waals surface area contributed by atoms with Crippen LogP contribution in [-0.2, 0) is 5.41 Å². The summed E-state index contributed by atoms with van der Waals surface area (Å²) in [5.74, 6) is 0. The molecule has 0 N–H and O–H groups in total. The molecule has 0 atom stereocenters. The number of fused-ring (bicyclic) bond motifs is 12. The van der Waals surface area contributed by atoms with E-state index in [1.54, 1.807) is 0 Å². The van der Waals surface area contributed by atoms with E-state index in [9.17, 15) is 0 Å². The van der Waals surface area contributed by atoms with Crippen molar-refractivity contribution in [3.05, 3.63) is 230 Å². The van der Waals surface area contributed by atoms with Crippen LogP contribution in [0, 0.1) is 0 Å². The number of hydrogen-bond acceptors (Lipinski definition) is 3. The minimum atomic E-state index is -0.272. The summed E-state index contributed by atoms with van der Waals surface area (Å²) in [6.45, 7) is 4.75. The van der Waals surface area contributed by atoms with E-state index in [0.29, 0.717) is 0 Å². The number of anilines is 3. The molecule has 14 rings (SSSR count). The summed E-state index contributed by atoms with van der Waals surface area (Å²) in [6, 6.07) is 79.0. The Balaban J connectivity index is 1.04. The molecule has 1 aliphatic rings. The van der Waals surface area contributed by atoms with Gasteiger partial charge in [-0.1, -0.05) is 159 Å². The third-order valence-corrected chi connectivity index (χ3v) is 14.3. The van der Waals surface area contributed by atoms with E-state index >= 15 is 0 Å². The molecular formula is C63H42N2O2. The van der Waals surface area contributed by atoms with Gasteiger partial charge < -0.3 is 18.3 Å². The van der Waals surface area contributed by atoms with Crippen LogP contribution in [0.4, 0.5) is 17.1 Å². The van der Waals surface area contributed by atoms with Crippen molar-refractivity contribution in [3.8, 4) is 39.1 Å². The third kappa shape index (κ3) is 5.54. The number of nitrogens with zero attached hydrogens (tertiary/aromatic N) is 2. The van der Waals surface area contributed by atoms with E-state index in [1.165, 1.54) is 44.1 Å². The van der Waals surface area contributed by atoms with Crippen LogP contribution in [0.15, 0.2) is 227 Å². The second-order valence-electron chi connectivity index (χ2n) is 18.4. The fourth-order valence-corrected chi connectivity index (χ4v) is 11.4. The van der Waals surface area contributed by atoms with Gasteiger partial charge in [-0.2, -0.15) is 0 Å². The maximum atomic E-state index is 6.92. The molecular weight excluding hydrogens is 817 g/mol. The highest BCUT2D eigenvalue weighted by atomic mass is 16.3. The average molecular weight is 859 g/mol. The number of furan rings is 2. The van der Waals surface area contributed by atoms with Crippen LogP contribution in [-0.4, -0.2) is 4.57 Å². The van der Waals surface area contributed by atoms with Gasteiger partial charge >= 0.3 is 0 Å². The van der Waals surface area contributed by atoms with Crippen molar-refractivity contribution in [3.63, 3.8) is 0 Å². The molecule has 67 heavy (non-hydrogen) atoms. The molecule has 0 saturated heterocycles. The summed E-state index contributed by atoms with van der Waals surface area (Å²) in [5.41, 5.74) is 19.4. The Labute approximate surface area is 387 Å². The number of para-hydroxylation sites is 4. The maximum Gasteiger partial charge on any atom is 0.143 e. The fourth-order valence-electron chi connectivity index (χ4n) is 11.4. The third-order valence-electron chi connectivity index (χ3n) is 14.3. The predicted octanol–water partition coefficient (Wildman–Crippen LogP) is 17.7. The number of benzene rings is 10. The lowest BCUT2D eigenvalue weighted by atomic mass is 9.81. The van der Waals surface area contributed by atoms with Gasteiger partial charge in [0.2, 0.25) is 0 Å². The first-order chi connectivity index (χ1) is 33.0. The van der Waals surface area contributed by atoms with E-state index in [-0.39, 0.29) is 5.41 Å². The molecule has 1 aliphatic carbocycles. The Morgan fingerprint density at radius 3 is 1.81 bits per heavy atom. The first-order valence-corrected chi connectivity index (χ1v) is 23.1. The summed E-state index contributed by atoms with van der Waals surface area (Å²) in [5, 5.41) is 6.85. The van der Waals surface area contributed by atoms with Crippen LogP contribution in [0.2, 0.25) is 0 Å². The highest BCUT2D eigenvalue weighted by Crippen LogP contribution is 2.55. The van der Waals surface area contributed by atoms with Crippen molar-refractivity contribution in [1.29, 1.82) is 0 Å². The minimum absolute atomic E-state index is 0.272. The molecule has 0 fully saturated rings. The summed E-state index contributed by atoms with van der Waals surface area (Å²) < 4.78 is 15.7. The van der Waals surface area contributed by atoms with Gasteiger partial charge in [0.15, 0.2) is 0 Å². The molecule has 0 aliphatic heterocycles. The standard InChI is InChI=1S/C63H42N2O2/c1-63(2)53-28-8-3-21-45(53)49-27-15-31-56(61(49)63)64(41-19-13-17-39(35-41)44-26-16-34-59-60(44)50-25-7-12-33-58(50)66-59)43-37-51(62-52(38-43)48-24-6-11-32-57(48)67-62)40-18-14-20-42(36-40)65-54-29-9-4-22-46(54)47-23-5-10-30-55(47)65/h3-38H,1-2H3. The summed E-state index contributed by atoms with van der Waals surface area (Å²) in [4.78, 5) is 2.49. The van der Waals surface area contributed by atoms with Crippen molar-refractivity contribution in [2.75, 3.05) is 4.90 Å². The van der Waals surface area contributed by atoms with E-state index in [4.69, 9.17) is 8.83 Å². The highest BCUT2D eigenvalue weighted by molar-refractivity contribution is 6.14. The zero-order valence-electron chi connectivity index (χ0n) is 37.0. The predicted molar refractivity (Wildman–Crippen MR) is 278 cm³/mol. The lowest BCUT2D eigenvalue weighted by Gasteiger charge is -2.32. The van der Waals surface area contributed by atoms with Gasteiger partial charge in [0.25, 0.3) is 0 Å². The molecule has 13 aromatic rings. The molecule has 4 heteroatoms. The molecule has 0 radical (unpaired) electrons. The van der Waals surface area contributed by atoms with Gasteiger partial charge in [0, 0.05) is 60.4 Å². The molecule has 10 aromatic carbocycles. The summed E-state index contributed by atoms with van der Waals surface area (Å²) >= 11 is 0. The first-order valence-electron chi connectivity index (χ1n) is 23.1. The number of hydrogen-bond donors (Lipinski definition) is 0. The van der Waals surface area contributed by atoms with E-state index in [1.807, 2.05) is 6.07 Å². The molecule has 3 heterocycles. The van der Waals surface area contributed by atoms with Crippen LogP contribution in [0.3, 0.4) is 0 Å². The van der Waals surface area contributed by atoms with Gasteiger partial charge in [-0.3, -0.25) is 0 Å². The van der Waals surface area contributed by atoms with E-state index in [2.05, 4.69) is 236 Å². The lowest BCUT2D eigenvalue weighted by Crippen LogP contribution is -2.20. The van der Waals surface area contributed by atoms with Crippen LogP contribution < -0.4 is 4.90 Å². The van der Waals surface area contributed by atoms with Crippen LogP contribution >= 0.6 is 0 Å². The van der Waals surface area contributed by atoms with Gasteiger partial charge in [-0.05, 0) is 112 Å². The van der Waals surface area contributed by atoms with Gasteiger partial charge in [-0.25, -0.2) is 0 Å². The zero-order valence-corrected chi connectivity index (χ0v) is 37.0. The lowest BCUT2D eigenvalue weighted by molar-refractivity contribution is 0.660. The molecule has 0 bridgehead atoms. The highest BCUT2D eigenvalue weighted by Gasteiger charge is 2.39. The Bertz CT molecular complexity index is 4110. The second-order valence-corrected chi connectivity index (χ2v) is 18.4. The van der Waals surface area contributed by atoms with E-state index < -0.39 is 0 Å². The molecule has 0 unspecified atom stereocenters. The molecule has 4 nitrogen and oxygen atoms in total. The van der Waals surface area contributed by atoms with Gasteiger partial charge in [0.05, 0.1) is 16.7 Å². The Kier molecular flexibility index (Phi) is 8.00. The quantitative estimate of drug-likeness (QED) is 0.167. The number of aromatic nitrogens is 1. The minimum Gasteiger partial charge on any atom is -0.456 e. The smallest absolute Gasteiger partial charge is 0.143 e. The Hall–Kier alpha value is -8.60. The summed E-state index contributed by atoms with van der Waals surface area (Å²) in [7, 11) is 0. The van der Waals surface area contributed by atoms with Crippen molar-refractivity contribution in [1.82, 2.24) is 4.57 Å². The first kappa shape index (κ1) is 37.7. The largest absolute Gasteiger partial charge is 0.456 e.